The highest BCUT2D eigenvalue weighted by atomic mass is 32.2. The van der Waals surface area contributed by atoms with Crippen molar-refractivity contribution in [2.24, 2.45) is 0 Å². The number of carbonyl (C=O) groups is 1. The van der Waals surface area contributed by atoms with E-state index in [1.165, 1.54) is 11.8 Å². The number of hydrogen-bond donors (Lipinski definition) is 2. The van der Waals surface area contributed by atoms with Crippen LogP contribution in [-0.2, 0) is 27.7 Å². The molecule has 1 atom stereocenters. The Balaban J connectivity index is 2.02. The molecule has 0 fully saturated rings. The predicted octanol–water partition coefficient (Wildman–Crippen LogP) is 2.42. The molecule has 0 heterocycles. The van der Waals surface area contributed by atoms with Gasteiger partial charge in [0.15, 0.2) is 0 Å². The fourth-order valence-corrected chi connectivity index (χ4v) is 5.07. The normalized spacial score (nSPS) is 14.9. The van der Waals surface area contributed by atoms with Crippen molar-refractivity contribution in [3.8, 4) is 0 Å². The van der Waals surface area contributed by atoms with Crippen LogP contribution in [0.2, 0.25) is 0 Å². The van der Waals surface area contributed by atoms with E-state index in [4.69, 9.17) is 0 Å². The van der Waals surface area contributed by atoms with E-state index in [0.717, 1.165) is 29.4 Å². The fourth-order valence-electron chi connectivity index (χ4n) is 3.17. The van der Waals surface area contributed by atoms with Crippen molar-refractivity contribution in [1.82, 2.24) is 4.72 Å². The second kappa shape index (κ2) is 6.74. The summed E-state index contributed by atoms with van der Waals surface area (Å²) < 4.78 is 27.9. The van der Waals surface area contributed by atoms with Gasteiger partial charge >= 0.3 is 5.97 Å². The summed E-state index contributed by atoms with van der Waals surface area (Å²) in [7, 11) is -3.91. The highest BCUT2D eigenvalue weighted by molar-refractivity contribution is 7.98. The summed E-state index contributed by atoms with van der Waals surface area (Å²) >= 11 is 1.49. The van der Waals surface area contributed by atoms with Gasteiger partial charge in [-0.3, -0.25) is 4.79 Å². The predicted molar refractivity (Wildman–Crippen MR) is 96.1 cm³/mol. The van der Waals surface area contributed by atoms with Gasteiger partial charge in [0.25, 0.3) is 0 Å². The third-order valence-corrected chi connectivity index (χ3v) is 6.51. The maximum Gasteiger partial charge on any atom is 0.321 e. The number of carboxylic acid groups (broad SMARTS) is 1. The van der Waals surface area contributed by atoms with Crippen LogP contribution in [0.3, 0.4) is 0 Å². The molecule has 2 aromatic rings. The standard InChI is InChI=1S/C17H19NO4S2/c1-23-10-9-14(17(19)20)18-24(21,22)15-8-7-12-6-5-11-3-2-4-13(15)16(11)12/h2-4,7-8,14,18H,5-6,9-10H2,1H3,(H,19,20). The molecule has 0 spiro atoms. The Morgan fingerprint density at radius 2 is 1.96 bits per heavy atom. The van der Waals surface area contributed by atoms with Crippen LogP contribution in [0.1, 0.15) is 17.5 Å². The molecule has 2 N–H and O–H groups in total. The number of benzene rings is 2. The summed E-state index contributed by atoms with van der Waals surface area (Å²) in [6, 6.07) is 7.97. The second-order valence-corrected chi connectivity index (χ2v) is 8.52. The first-order valence-corrected chi connectivity index (χ1v) is 10.6. The molecule has 1 aliphatic rings. The molecule has 1 unspecified atom stereocenters. The van der Waals surface area contributed by atoms with E-state index in [0.29, 0.717) is 11.1 Å². The average Bonchev–Trinajstić information content (AvgIpc) is 2.96. The monoisotopic (exact) mass is 365 g/mol. The van der Waals surface area contributed by atoms with Crippen LogP contribution in [0.5, 0.6) is 0 Å². The van der Waals surface area contributed by atoms with Crippen molar-refractivity contribution in [3.63, 3.8) is 0 Å². The second-order valence-electron chi connectivity index (χ2n) is 5.86. The molecule has 7 heteroatoms. The van der Waals surface area contributed by atoms with Crippen molar-refractivity contribution in [3.05, 3.63) is 41.5 Å². The number of aliphatic carboxylic acids is 1. The lowest BCUT2D eigenvalue weighted by molar-refractivity contribution is -0.139. The van der Waals surface area contributed by atoms with E-state index in [9.17, 15) is 18.3 Å². The Morgan fingerprint density at radius 3 is 2.62 bits per heavy atom. The summed E-state index contributed by atoms with van der Waals surface area (Å²) in [5.74, 6) is -0.581. The van der Waals surface area contributed by atoms with E-state index in [1.54, 1.807) is 12.1 Å². The van der Waals surface area contributed by atoms with Gasteiger partial charge in [-0.2, -0.15) is 16.5 Å². The van der Waals surface area contributed by atoms with Gasteiger partial charge in [-0.15, -0.1) is 0 Å². The van der Waals surface area contributed by atoms with Crippen molar-refractivity contribution < 1.29 is 18.3 Å². The summed E-state index contributed by atoms with van der Waals surface area (Å²) in [4.78, 5) is 11.5. The minimum Gasteiger partial charge on any atom is -0.480 e. The Morgan fingerprint density at radius 1 is 1.25 bits per heavy atom. The molecule has 0 aromatic heterocycles. The fraction of sp³-hybridized carbons (Fsp3) is 0.353. The van der Waals surface area contributed by atoms with E-state index >= 15 is 0 Å². The van der Waals surface area contributed by atoms with E-state index in [1.807, 2.05) is 24.5 Å². The molecule has 0 bridgehead atoms. The molecule has 0 radical (unpaired) electrons. The average molecular weight is 365 g/mol. The van der Waals surface area contributed by atoms with Crippen molar-refractivity contribution in [1.29, 1.82) is 0 Å². The molecule has 0 aliphatic heterocycles. The van der Waals surface area contributed by atoms with E-state index in [2.05, 4.69) is 4.72 Å². The van der Waals surface area contributed by atoms with E-state index < -0.39 is 22.0 Å². The molecule has 1 aliphatic carbocycles. The van der Waals surface area contributed by atoms with Crippen LogP contribution in [0.15, 0.2) is 35.2 Å². The lowest BCUT2D eigenvalue weighted by Crippen LogP contribution is -2.41. The highest BCUT2D eigenvalue weighted by Crippen LogP contribution is 2.34. The van der Waals surface area contributed by atoms with Crippen LogP contribution in [0, 0.1) is 0 Å². The van der Waals surface area contributed by atoms with Gasteiger partial charge in [-0.1, -0.05) is 24.3 Å². The Bertz CT molecular complexity index is 883. The highest BCUT2D eigenvalue weighted by Gasteiger charge is 2.27. The van der Waals surface area contributed by atoms with Gasteiger partial charge in [-0.25, -0.2) is 8.42 Å². The Hall–Kier alpha value is -1.57. The Labute approximate surface area is 145 Å². The lowest BCUT2D eigenvalue weighted by Gasteiger charge is -2.16. The maximum absolute atomic E-state index is 12.8. The SMILES string of the molecule is CSCCC(NS(=O)(=O)c1ccc2c3c(cccc13)CC2)C(=O)O. The van der Waals surface area contributed by atoms with Crippen LogP contribution in [0.4, 0.5) is 0 Å². The lowest BCUT2D eigenvalue weighted by atomic mass is 10.1. The molecule has 3 rings (SSSR count). The van der Waals surface area contributed by atoms with Gasteiger partial charge < -0.3 is 5.11 Å². The number of thioether (sulfide) groups is 1. The van der Waals surface area contributed by atoms with Crippen LogP contribution >= 0.6 is 11.8 Å². The molecule has 0 amide bonds. The van der Waals surface area contributed by atoms with Crippen molar-refractivity contribution in [2.45, 2.75) is 30.2 Å². The van der Waals surface area contributed by atoms with Gasteiger partial charge in [0.2, 0.25) is 10.0 Å². The van der Waals surface area contributed by atoms with Crippen LogP contribution in [-0.4, -0.2) is 37.5 Å². The number of aryl methyl sites for hydroxylation is 2. The van der Waals surface area contributed by atoms with E-state index in [-0.39, 0.29) is 11.3 Å². The van der Waals surface area contributed by atoms with Crippen molar-refractivity contribution >= 4 is 38.5 Å². The van der Waals surface area contributed by atoms with Crippen molar-refractivity contribution in [2.75, 3.05) is 12.0 Å². The third kappa shape index (κ3) is 3.16. The quantitative estimate of drug-likeness (QED) is 0.787. The number of nitrogens with one attached hydrogen (secondary N) is 1. The zero-order valence-corrected chi connectivity index (χ0v) is 14.9. The number of sulfonamides is 1. The molecular weight excluding hydrogens is 346 g/mol. The molecule has 0 saturated carbocycles. The topological polar surface area (TPSA) is 83.5 Å². The minimum absolute atomic E-state index is 0.153. The summed E-state index contributed by atoms with van der Waals surface area (Å²) in [5.41, 5.74) is 2.30. The Kier molecular flexibility index (Phi) is 4.85. The first kappa shape index (κ1) is 17.3. The number of hydrogen-bond acceptors (Lipinski definition) is 4. The number of rotatable bonds is 7. The molecule has 0 saturated heterocycles. The van der Waals surface area contributed by atoms with Gasteiger partial charge in [0, 0.05) is 5.39 Å². The zero-order chi connectivity index (χ0) is 17.3. The minimum atomic E-state index is -3.91. The zero-order valence-electron chi connectivity index (χ0n) is 13.3. The smallest absolute Gasteiger partial charge is 0.321 e. The molecule has 5 nitrogen and oxygen atoms in total. The van der Waals surface area contributed by atoms with Crippen LogP contribution in [0.25, 0.3) is 10.8 Å². The van der Waals surface area contributed by atoms with Gasteiger partial charge in [0.1, 0.15) is 6.04 Å². The first-order valence-electron chi connectivity index (χ1n) is 7.71. The largest absolute Gasteiger partial charge is 0.480 e. The first-order chi connectivity index (χ1) is 11.4. The molecule has 2 aromatic carbocycles. The van der Waals surface area contributed by atoms with Crippen LogP contribution < -0.4 is 4.72 Å². The summed E-state index contributed by atoms with van der Waals surface area (Å²) in [5, 5.41) is 11.0. The third-order valence-electron chi connectivity index (χ3n) is 4.33. The summed E-state index contributed by atoms with van der Waals surface area (Å²) in [6.45, 7) is 0. The van der Waals surface area contributed by atoms with Gasteiger partial charge in [-0.05, 0) is 53.9 Å². The maximum atomic E-state index is 12.8. The molecular formula is C17H19NO4S2. The molecule has 24 heavy (non-hydrogen) atoms. The van der Waals surface area contributed by atoms with Gasteiger partial charge in [0.05, 0.1) is 4.90 Å². The molecule has 128 valence electrons. The number of carboxylic acids is 1. The summed E-state index contributed by atoms with van der Waals surface area (Å²) in [6.07, 6.45) is 3.93.